The fourth-order valence-corrected chi connectivity index (χ4v) is 3.96. The van der Waals surface area contributed by atoms with Crippen molar-refractivity contribution in [3.8, 4) is 11.1 Å². The van der Waals surface area contributed by atoms with E-state index in [4.69, 9.17) is 0 Å². The van der Waals surface area contributed by atoms with Crippen molar-refractivity contribution >= 4 is 21.2 Å². The highest BCUT2D eigenvalue weighted by Gasteiger charge is 2.62. The first-order chi connectivity index (χ1) is 14.5. The summed E-state index contributed by atoms with van der Waals surface area (Å²) < 4.78 is 129. The minimum Gasteiger partial charge on any atom is -0.264 e. The van der Waals surface area contributed by atoms with Gasteiger partial charge in [0, 0.05) is 19.2 Å². The average Bonchev–Trinajstić information content (AvgIpc) is 3.16. The van der Waals surface area contributed by atoms with Crippen LogP contribution >= 0.6 is 0 Å². The van der Waals surface area contributed by atoms with Crippen LogP contribution < -0.4 is 5.01 Å². The van der Waals surface area contributed by atoms with Crippen LogP contribution in [0.25, 0.3) is 11.1 Å². The Morgan fingerprint density at radius 2 is 1.53 bits per heavy atom. The van der Waals surface area contributed by atoms with Crippen LogP contribution in [0.15, 0.2) is 52.5 Å². The number of hydrazone groups is 1. The van der Waals surface area contributed by atoms with Gasteiger partial charge in [0.25, 0.3) is 0 Å². The van der Waals surface area contributed by atoms with Crippen LogP contribution in [-0.2, 0) is 16.0 Å². The van der Waals surface area contributed by atoms with Crippen molar-refractivity contribution in [2.45, 2.75) is 29.6 Å². The van der Waals surface area contributed by atoms with Crippen LogP contribution in [0.5, 0.6) is 0 Å². The third kappa shape index (κ3) is 4.57. The fourth-order valence-electron chi connectivity index (χ4n) is 3.10. The zero-order valence-corrected chi connectivity index (χ0v) is 16.9. The third-order valence-corrected chi connectivity index (χ3v) is 5.82. The molecular weight excluding hydrogens is 472 g/mol. The molecule has 0 fully saturated rings. The molecule has 1 heterocycles. The van der Waals surface area contributed by atoms with E-state index in [1.165, 1.54) is 12.1 Å². The molecule has 0 saturated heterocycles. The molecule has 1 aliphatic rings. The van der Waals surface area contributed by atoms with Gasteiger partial charge in [-0.05, 0) is 35.4 Å². The van der Waals surface area contributed by atoms with Crippen molar-refractivity contribution < 1.29 is 43.5 Å². The molecule has 1 aliphatic heterocycles. The zero-order chi connectivity index (χ0) is 24.1. The second-order valence-corrected chi connectivity index (χ2v) is 9.01. The maximum absolute atomic E-state index is 13.7. The van der Waals surface area contributed by atoms with Crippen molar-refractivity contribution in [3.05, 3.63) is 48.0 Å². The second kappa shape index (κ2) is 7.71. The average molecular weight is 486 g/mol. The SMILES string of the molecule is CS(=O)(=O)c1ccc(-c2cccc(C(F)(F)F)c2)cc1N1CCC(C(F)(F)C(F)(F)F)=N1. The van der Waals surface area contributed by atoms with Crippen LogP contribution in [0, 0.1) is 0 Å². The maximum Gasteiger partial charge on any atom is 0.459 e. The number of alkyl halides is 8. The number of anilines is 1. The van der Waals surface area contributed by atoms with Gasteiger partial charge in [0.05, 0.1) is 16.1 Å². The number of sulfone groups is 1. The number of rotatable bonds is 4. The second-order valence-electron chi connectivity index (χ2n) is 7.03. The van der Waals surface area contributed by atoms with Crippen molar-refractivity contribution in [2.24, 2.45) is 5.10 Å². The van der Waals surface area contributed by atoms with E-state index in [-0.39, 0.29) is 16.8 Å². The molecular formula is C19H14F8N2O2S. The number of nitrogens with zero attached hydrogens (tertiary/aromatic N) is 2. The van der Waals surface area contributed by atoms with Gasteiger partial charge in [0.1, 0.15) is 5.71 Å². The van der Waals surface area contributed by atoms with Gasteiger partial charge in [-0.15, -0.1) is 0 Å². The summed E-state index contributed by atoms with van der Waals surface area (Å²) in [5.41, 5.74) is -2.67. The van der Waals surface area contributed by atoms with Gasteiger partial charge in [-0.3, -0.25) is 5.01 Å². The fraction of sp³-hybridized carbons (Fsp3) is 0.316. The van der Waals surface area contributed by atoms with Gasteiger partial charge in [0.2, 0.25) is 0 Å². The summed E-state index contributed by atoms with van der Waals surface area (Å²) in [5.74, 6) is -5.22. The molecule has 0 aliphatic carbocycles. The lowest BCUT2D eigenvalue weighted by molar-refractivity contribution is -0.249. The van der Waals surface area contributed by atoms with Crippen molar-refractivity contribution in [2.75, 3.05) is 17.8 Å². The molecule has 13 heteroatoms. The summed E-state index contributed by atoms with van der Waals surface area (Å²) in [6.07, 6.45) is -10.5. The van der Waals surface area contributed by atoms with Gasteiger partial charge < -0.3 is 0 Å². The summed E-state index contributed by atoms with van der Waals surface area (Å²) in [4.78, 5) is -0.423. The summed E-state index contributed by atoms with van der Waals surface area (Å²) in [5, 5.41) is 3.98. The van der Waals surface area contributed by atoms with Crippen molar-refractivity contribution in [1.29, 1.82) is 0 Å². The molecule has 0 amide bonds. The van der Waals surface area contributed by atoms with Gasteiger partial charge >= 0.3 is 18.3 Å². The molecule has 4 nitrogen and oxygen atoms in total. The summed E-state index contributed by atoms with van der Waals surface area (Å²) in [7, 11) is -3.98. The first kappa shape index (κ1) is 24.0. The number of halogens is 8. The Morgan fingerprint density at radius 1 is 0.906 bits per heavy atom. The van der Waals surface area contributed by atoms with E-state index in [1.807, 2.05) is 0 Å². The topological polar surface area (TPSA) is 49.7 Å². The van der Waals surface area contributed by atoms with Crippen LogP contribution in [0.2, 0.25) is 0 Å². The van der Waals surface area contributed by atoms with E-state index in [0.29, 0.717) is 5.01 Å². The van der Waals surface area contributed by atoms with Crippen LogP contribution in [0.4, 0.5) is 40.8 Å². The van der Waals surface area contributed by atoms with Crippen LogP contribution in [0.1, 0.15) is 12.0 Å². The molecule has 0 spiro atoms. The predicted molar refractivity (Wildman–Crippen MR) is 100 cm³/mol. The van der Waals surface area contributed by atoms with E-state index in [2.05, 4.69) is 5.10 Å². The summed E-state index contributed by atoms with van der Waals surface area (Å²) in [6, 6.07) is 7.39. The first-order valence-corrected chi connectivity index (χ1v) is 10.7. The quantitative estimate of drug-likeness (QED) is 0.534. The Labute approximate surface area is 177 Å². The molecule has 174 valence electrons. The van der Waals surface area contributed by atoms with Crippen LogP contribution in [0.3, 0.4) is 0 Å². The normalized spacial score (nSPS) is 15.8. The van der Waals surface area contributed by atoms with E-state index < -0.39 is 57.2 Å². The molecule has 32 heavy (non-hydrogen) atoms. The molecule has 0 atom stereocenters. The number of benzene rings is 2. The van der Waals surface area contributed by atoms with Gasteiger partial charge in [0.15, 0.2) is 9.84 Å². The van der Waals surface area contributed by atoms with Gasteiger partial charge in [-0.1, -0.05) is 18.2 Å². The first-order valence-electron chi connectivity index (χ1n) is 8.83. The molecule has 0 unspecified atom stereocenters. The Hall–Kier alpha value is -2.70. The smallest absolute Gasteiger partial charge is 0.264 e. The maximum atomic E-state index is 13.7. The van der Waals surface area contributed by atoms with Gasteiger partial charge in [-0.2, -0.15) is 40.2 Å². The highest BCUT2D eigenvalue weighted by molar-refractivity contribution is 7.90. The predicted octanol–water partition coefficient (Wildman–Crippen LogP) is 5.54. The van der Waals surface area contributed by atoms with E-state index in [1.54, 1.807) is 0 Å². The third-order valence-electron chi connectivity index (χ3n) is 4.68. The monoisotopic (exact) mass is 486 g/mol. The molecule has 0 radical (unpaired) electrons. The van der Waals surface area contributed by atoms with E-state index >= 15 is 0 Å². The Bertz CT molecular complexity index is 1170. The molecule has 2 aromatic carbocycles. The lowest BCUT2D eigenvalue weighted by atomic mass is 10.0. The minimum absolute atomic E-state index is 0.0325. The van der Waals surface area contributed by atoms with Crippen LogP contribution in [-0.4, -0.2) is 39.0 Å². The largest absolute Gasteiger partial charge is 0.459 e. The van der Waals surface area contributed by atoms with Crippen molar-refractivity contribution in [3.63, 3.8) is 0 Å². The number of hydrogen-bond acceptors (Lipinski definition) is 4. The minimum atomic E-state index is -5.89. The Morgan fingerprint density at radius 3 is 2.09 bits per heavy atom. The molecule has 0 bridgehead atoms. The highest BCUT2D eigenvalue weighted by Crippen LogP contribution is 2.41. The van der Waals surface area contributed by atoms with E-state index in [0.717, 1.165) is 36.6 Å². The molecule has 2 aromatic rings. The Kier molecular flexibility index (Phi) is 5.77. The zero-order valence-electron chi connectivity index (χ0n) is 16.1. The summed E-state index contributed by atoms with van der Waals surface area (Å²) in [6.45, 7) is -0.477. The lowest BCUT2D eigenvalue weighted by Crippen LogP contribution is -2.43. The van der Waals surface area contributed by atoms with Gasteiger partial charge in [-0.25, -0.2) is 8.42 Å². The lowest BCUT2D eigenvalue weighted by Gasteiger charge is -2.20. The summed E-state index contributed by atoms with van der Waals surface area (Å²) >= 11 is 0. The molecule has 0 saturated carbocycles. The molecule has 0 N–H and O–H groups in total. The molecule has 3 rings (SSSR count). The van der Waals surface area contributed by atoms with E-state index in [9.17, 15) is 43.5 Å². The Balaban J connectivity index is 2.12. The van der Waals surface area contributed by atoms with Crippen molar-refractivity contribution in [1.82, 2.24) is 0 Å². The highest BCUT2D eigenvalue weighted by atomic mass is 32.2. The molecule has 0 aromatic heterocycles. The number of hydrogen-bond donors (Lipinski definition) is 0. The standard InChI is InChI=1S/C19H14F8N2O2S/c1-32(30,31)15-6-5-12(11-3-2-4-13(9-11)18(22,23)24)10-14(15)29-8-7-16(28-29)17(20,21)19(25,26)27/h2-6,9-10H,7-8H2,1H3.